The van der Waals surface area contributed by atoms with E-state index < -0.39 is 11.8 Å². The Hall–Kier alpha value is -1.92. The third-order valence-electron chi connectivity index (χ3n) is 2.52. The molecule has 0 radical (unpaired) electrons. The Balaban J connectivity index is 1.84. The Bertz CT molecular complexity index is 466. The number of carboxylic acids is 1. The van der Waals surface area contributed by atoms with Gasteiger partial charge in [0, 0.05) is 0 Å². The lowest BCUT2D eigenvalue weighted by Gasteiger charge is -2.09. The highest BCUT2D eigenvalue weighted by Crippen LogP contribution is 2.18. The van der Waals surface area contributed by atoms with Gasteiger partial charge >= 0.3 is 5.97 Å². The number of carbonyl (C=O) groups is 2. The molecule has 6 nitrogen and oxygen atoms in total. The second kappa shape index (κ2) is 6.31. The number of benzene rings is 1. The van der Waals surface area contributed by atoms with E-state index in [0.29, 0.717) is 13.2 Å². The highest BCUT2D eigenvalue weighted by molar-refractivity contribution is 6.40. The smallest absolute Gasteiger partial charge is 0.377 e. The summed E-state index contributed by atoms with van der Waals surface area (Å²) in [6, 6.07) is 6.24. The van der Waals surface area contributed by atoms with E-state index in [0.717, 1.165) is 6.61 Å². The number of carbonyl (C=O) groups excluding carboxylic acids is 1. The highest BCUT2D eigenvalue weighted by atomic mass is 16.6. The van der Waals surface area contributed by atoms with Gasteiger partial charge in [-0.15, -0.1) is 0 Å². The van der Waals surface area contributed by atoms with Gasteiger partial charge in [0.2, 0.25) is 0 Å². The van der Waals surface area contributed by atoms with Crippen molar-refractivity contribution in [3.63, 3.8) is 0 Å². The zero-order chi connectivity index (χ0) is 13.7. The predicted molar refractivity (Wildman–Crippen MR) is 64.5 cm³/mol. The first-order chi connectivity index (χ1) is 9.18. The van der Waals surface area contributed by atoms with Gasteiger partial charge in [-0.2, -0.15) is 0 Å². The van der Waals surface area contributed by atoms with Crippen LogP contribution in [-0.2, 0) is 14.3 Å². The molecule has 1 heterocycles. The molecule has 1 unspecified atom stereocenters. The molecule has 1 aliphatic rings. The van der Waals surface area contributed by atoms with Crippen molar-refractivity contribution in [1.29, 1.82) is 0 Å². The first-order valence-electron chi connectivity index (χ1n) is 5.87. The summed E-state index contributed by atoms with van der Waals surface area (Å²) in [7, 11) is 0. The molecule has 1 N–H and O–H groups in total. The number of hydrogen-bond donors (Lipinski definition) is 1. The topological polar surface area (TPSA) is 85.4 Å². The second-order valence-electron chi connectivity index (χ2n) is 4.01. The van der Waals surface area contributed by atoms with Crippen LogP contribution in [0.3, 0.4) is 0 Å². The fourth-order valence-electron chi connectivity index (χ4n) is 1.48. The van der Waals surface area contributed by atoms with Crippen LogP contribution in [0.15, 0.2) is 24.3 Å². The maximum atomic E-state index is 11.4. The molecular weight excluding hydrogens is 252 g/mol. The largest absolute Gasteiger partial charge is 0.490 e. The first kappa shape index (κ1) is 13.5. The number of Topliss-reactive ketones (excluding diaryl/α,β-unsaturated/α-hetero) is 1. The molecule has 0 aromatic heterocycles. The molecule has 1 atom stereocenters. The number of para-hydroxylation sites is 1. The lowest BCUT2D eigenvalue weighted by molar-refractivity contribution is -0.131. The standard InChI is InChI=1S/C13H14O6/c14-12(13(15)16)10-3-1-2-4-11(10)18-6-5-17-7-9-8-19-9/h1-4,9H,5-8H2,(H,15,16). The molecule has 19 heavy (non-hydrogen) atoms. The molecule has 0 saturated carbocycles. The van der Waals surface area contributed by atoms with Crippen molar-refractivity contribution in [3.8, 4) is 5.75 Å². The fourth-order valence-corrected chi connectivity index (χ4v) is 1.48. The van der Waals surface area contributed by atoms with Crippen LogP contribution in [0.5, 0.6) is 5.75 Å². The molecule has 0 spiro atoms. The summed E-state index contributed by atoms with van der Waals surface area (Å²) in [5, 5.41) is 8.69. The average Bonchev–Trinajstić information content (AvgIpc) is 3.22. The number of carboxylic acid groups (broad SMARTS) is 1. The fraction of sp³-hybridized carbons (Fsp3) is 0.385. The van der Waals surface area contributed by atoms with Crippen LogP contribution in [-0.4, -0.2) is 49.4 Å². The van der Waals surface area contributed by atoms with Crippen molar-refractivity contribution in [2.24, 2.45) is 0 Å². The summed E-state index contributed by atoms with van der Waals surface area (Å²) in [6.45, 7) is 1.86. The Morgan fingerprint density at radius 2 is 2.05 bits per heavy atom. The molecule has 0 bridgehead atoms. The molecule has 0 amide bonds. The highest BCUT2D eigenvalue weighted by Gasteiger charge is 2.22. The first-order valence-corrected chi connectivity index (χ1v) is 5.87. The van der Waals surface area contributed by atoms with Crippen LogP contribution in [0.1, 0.15) is 10.4 Å². The number of aliphatic carboxylic acids is 1. The van der Waals surface area contributed by atoms with Crippen molar-refractivity contribution in [1.82, 2.24) is 0 Å². The molecule has 1 saturated heterocycles. The molecule has 2 rings (SSSR count). The summed E-state index contributed by atoms with van der Waals surface area (Å²) < 4.78 is 15.6. The van der Waals surface area contributed by atoms with E-state index in [1.165, 1.54) is 6.07 Å². The van der Waals surface area contributed by atoms with Gasteiger partial charge in [0.15, 0.2) is 0 Å². The second-order valence-corrected chi connectivity index (χ2v) is 4.01. The predicted octanol–water partition coefficient (Wildman–Crippen LogP) is 0.748. The van der Waals surface area contributed by atoms with Crippen LogP contribution < -0.4 is 4.74 Å². The normalized spacial score (nSPS) is 16.9. The molecule has 1 fully saturated rings. The van der Waals surface area contributed by atoms with Gasteiger partial charge in [-0.05, 0) is 12.1 Å². The SMILES string of the molecule is O=C(O)C(=O)c1ccccc1OCCOCC1CO1. The minimum Gasteiger partial charge on any atom is -0.490 e. The Kier molecular flexibility index (Phi) is 4.48. The van der Waals surface area contributed by atoms with Gasteiger partial charge in [-0.3, -0.25) is 4.79 Å². The molecule has 6 heteroatoms. The number of ether oxygens (including phenoxy) is 3. The maximum Gasteiger partial charge on any atom is 0.377 e. The van der Waals surface area contributed by atoms with E-state index >= 15 is 0 Å². The van der Waals surface area contributed by atoms with Gasteiger partial charge in [-0.1, -0.05) is 12.1 Å². The average molecular weight is 266 g/mol. The zero-order valence-corrected chi connectivity index (χ0v) is 10.2. The summed E-state index contributed by atoms with van der Waals surface area (Å²) in [4.78, 5) is 22.1. The van der Waals surface area contributed by atoms with Gasteiger partial charge < -0.3 is 19.3 Å². The lowest BCUT2D eigenvalue weighted by Crippen LogP contribution is -2.16. The van der Waals surface area contributed by atoms with Crippen LogP contribution in [0.25, 0.3) is 0 Å². The number of rotatable bonds is 8. The summed E-state index contributed by atoms with van der Waals surface area (Å²) in [6.07, 6.45) is 0.195. The Morgan fingerprint density at radius 3 is 2.74 bits per heavy atom. The minimum absolute atomic E-state index is 0.0422. The Labute approximate surface area is 109 Å². The molecule has 0 aliphatic carbocycles. The quantitative estimate of drug-likeness (QED) is 0.323. The van der Waals surface area contributed by atoms with Crippen molar-refractivity contribution >= 4 is 11.8 Å². The van der Waals surface area contributed by atoms with E-state index in [4.69, 9.17) is 19.3 Å². The van der Waals surface area contributed by atoms with Crippen molar-refractivity contribution in [2.45, 2.75) is 6.10 Å². The van der Waals surface area contributed by atoms with Gasteiger partial charge in [0.1, 0.15) is 18.5 Å². The lowest BCUT2D eigenvalue weighted by atomic mass is 10.1. The van der Waals surface area contributed by atoms with E-state index in [9.17, 15) is 9.59 Å². The zero-order valence-electron chi connectivity index (χ0n) is 10.2. The maximum absolute atomic E-state index is 11.4. The van der Waals surface area contributed by atoms with E-state index in [-0.39, 0.29) is 24.0 Å². The van der Waals surface area contributed by atoms with Gasteiger partial charge in [0.25, 0.3) is 5.78 Å². The third kappa shape index (κ3) is 4.04. The number of hydrogen-bond acceptors (Lipinski definition) is 5. The van der Waals surface area contributed by atoms with Crippen molar-refractivity contribution < 1.29 is 28.9 Å². The van der Waals surface area contributed by atoms with Crippen LogP contribution >= 0.6 is 0 Å². The minimum atomic E-state index is -1.50. The van der Waals surface area contributed by atoms with Crippen molar-refractivity contribution in [2.75, 3.05) is 26.4 Å². The third-order valence-corrected chi connectivity index (χ3v) is 2.52. The summed E-state index contributed by atoms with van der Waals surface area (Å²) in [5.41, 5.74) is 0.0422. The Morgan fingerprint density at radius 1 is 1.32 bits per heavy atom. The van der Waals surface area contributed by atoms with Crippen LogP contribution in [0, 0.1) is 0 Å². The van der Waals surface area contributed by atoms with Crippen molar-refractivity contribution in [3.05, 3.63) is 29.8 Å². The number of epoxide rings is 1. The van der Waals surface area contributed by atoms with E-state index in [1.54, 1.807) is 18.2 Å². The molecule has 1 aromatic rings. The molecular formula is C13H14O6. The molecule has 102 valence electrons. The summed E-state index contributed by atoms with van der Waals surface area (Å²) >= 11 is 0. The van der Waals surface area contributed by atoms with Gasteiger partial charge in [-0.25, -0.2) is 4.79 Å². The molecule has 1 aliphatic heterocycles. The molecule has 1 aromatic carbocycles. The van der Waals surface area contributed by atoms with Gasteiger partial charge in [0.05, 0.1) is 25.4 Å². The van der Waals surface area contributed by atoms with Crippen LogP contribution in [0.4, 0.5) is 0 Å². The monoisotopic (exact) mass is 266 g/mol. The van der Waals surface area contributed by atoms with E-state index in [1.807, 2.05) is 0 Å². The van der Waals surface area contributed by atoms with Crippen LogP contribution in [0.2, 0.25) is 0 Å². The number of ketones is 1. The van der Waals surface area contributed by atoms with E-state index in [2.05, 4.69) is 0 Å². The summed E-state index contributed by atoms with van der Waals surface area (Å²) in [5.74, 6) is -2.23.